The van der Waals surface area contributed by atoms with Gasteiger partial charge in [0.05, 0.1) is 12.5 Å². The van der Waals surface area contributed by atoms with Crippen molar-refractivity contribution >= 4 is 17.6 Å². The lowest BCUT2D eigenvalue weighted by molar-refractivity contribution is -0.137. The van der Waals surface area contributed by atoms with Gasteiger partial charge in [0.25, 0.3) is 0 Å². The van der Waals surface area contributed by atoms with Crippen molar-refractivity contribution in [3.8, 4) is 0 Å². The number of hydrogen-bond acceptors (Lipinski definition) is 4. The molecule has 1 aromatic heterocycles. The normalized spacial score (nSPS) is 21.8. The van der Waals surface area contributed by atoms with E-state index in [1.807, 2.05) is 25.1 Å². The van der Waals surface area contributed by atoms with E-state index < -0.39 is 5.91 Å². The van der Waals surface area contributed by atoms with Gasteiger partial charge in [0, 0.05) is 26.3 Å². The molecular formula is C14H20N4O2. The van der Waals surface area contributed by atoms with Crippen LogP contribution in [0.3, 0.4) is 0 Å². The minimum absolute atomic E-state index is 0.0327. The SMILES string of the molecule is C[C@@H]1CN(c2ccccn2)C[C@H]1C(=O)N(C)CC(N)=O. The molecule has 0 unspecified atom stereocenters. The molecular weight excluding hydrogens is 256 g/mol. The third-order valence-electron chi connectivity index (χ3n) is 3.67. The van der Waals surface area contributed by atoms with E-state index in [2.05, 4.69) is 9.88 Å². The average molecular weight is 276 g/mol. The van der Waals surface area contributed by atoms with Gasteiger partial charge in [-0.05, 0) is 18.1 Å². The molecule has 20 heavy (non-hydrogen) atoms. The van der Waals surface area contributed by atoms with Crippen LogP contribution in [0.5, 0.6) is 0 Å². The van der Waals surface area contributed by atoms with Crippen molar-refractivity contribution in [2.24, 2.45) is 17.6 Å². The van der Waals surface area contributed by atoms with E-state index >= 15 is 0 Å². The first-order chi connectivity index (χ1) is 9.49. The van der Waals surface area contributed by atoms with Crippen molar-refractivity contribution in [1.29, 1.82) is 0 Å². The summed E-state index contributed by atoms with van der Waals surface area (Å²) in [6, 6.07) is 5.74. The summed E-state index contributed by atoms with van der Waals surface area (Å²) in [5, 5.41) is 0. The van der Waals surface area contributed by atoms with Crippen molar-refractivity contribution in [3.05, 3.63) is 24.4 Å². The third kappa shape index (κ3) is 3.07. The molecule has 6 nitrogen and oxygen atoms in total. The quantitative estimate of drug-likeness (QED) is 0.845. The number of likely N-dealkylation sites (N-methyl/N-ethyl adjacent to an activating group) is 1. The molecule has 2 N–H and O–H groups in total. The second-order valence-corrected chi connectivity index (χ2v) is 5.34. The van der Waals surface area contributed by atoms with Gasteiger partial charge in [-0.25, -0.2) is 4.98 Å². The van der Waals surface area contributed by atoms with Crippen LogP contribution in [0.2, 0.25) is 0 Å². The molecule has 0 aromatic carbocycles. The Morgan fingerprint density at radius 1 is 1.45 bits per heavy atom. The summed E-state index contributed by atoms with van der Waals surface area (Å²) in [5.74, 6) is 0.455. The molecule has 1 fully saturated rings. The lowest BCUT2D eigenvalue weighted by Crippen LogP contribution is -2.41. The maximum atomic E-state index is 12.3. The van der Waals surface area contributed by atoms with Crippen molar-refractivity contribution in [3.63, 3.8) is 0 Å². The van der Waals surface area contributed by atoms with Crippen molar-refractivity contribution in [2.45, 2.75) is 6.92 Å². The number of pyridine rings is 1. The van der Waals surface area contributed by atoms with Crippen LogP contribution in [0.1, 0.15) is 6.92 Å². The number of hydrogen-bond donors (Lipinski definition) is 1. The topological polar surface area (TPSA) is 79.5 Å². The zero-order valence-corrected chi connectivity index (χ0v) is 11.8. The summed E-state index contributed by atoms with van der Waals surface area (Å²) in [4.78, 5) is 31.1. The average Bonchev–Trinajstić information content (AvgIpc) is 2.80. The maximum absolute atomic E-state index is 12.3. The molecule has 2 rings (SSSR count). The zero-order valence-electron chi connectivity index (χ0n) is 11.8. The molecule has 1 saturated heterocycles. The Balaban J connectivity index is 2.04. The summed E-state index contributed by atoms with van der Waals surface area (Å²) in [7, 11) is 1.61. The highest BCUT2D eigenvalue weighted by molar-refractivity contribution is 5.85. The van der Waals surface area contributed by atoms with Gasteiger partial charge in [0.15, 0.2) is 0 Å². The molecule has 1 aromatic rings. The number of carbonyl (C=O) groups excluding carboxylic acids is 2. The summed E-state index contributed by atoms with van der Waals surface area (Å²) in [6.07, 6.45) is 1.74. The molecule has 0 aliphatic carbocycles. The van der Waals surface area contributed by atoms with Gasteiger partial charge in [-0.1, -0.05) is 13.0 Å². The smallest absolute Gasteiger partial charge is 0.237 e. The van der Waals surface area contributed by atoms with E-state index in [1.165, 1.54) is 4.90 Å². The number of carbonyl (C=O) groups is 2. The van der Waals surface area contributed by atoms with Crippen LogP contribution in [-0.4, -0.2) is 48.4 Å². The van der Waals surface area contributed by atoms with E-state index in [9.17, 15) is 9.59 Å². The lowest BCUT2D eigenvalue weighted by Gasteiger charge is -2.21. The summed E-state index contributed by atoms with van der Waals surface area (Å²) in [5.41, 5.74) is 5.13. The summed E-state index contributed by atoms with van der Waals surface area (Å²) in [6.45, 7) is 3.42. The van der Waals surface area contributed by atoms with Crippen LogP contribution < -0.4 is 10.6 Å². The first-order valence-electron chi connectivity index (χ1n) is 6.68. The Morgan fingerprint density at radius 2 is 2.20 bits per heavy atom. The highest BCUT2D eigenvalue weighted by Crippen LogP contribution is 2.27. The van der Waals surface area contributed by atoms with Crippen LogP contribution in [0.15, 0.2) is 24.4 Å². The summed E-state index contributed by atoms with van der Waals surface area (Å²) >= 11 is 0. The van der Waals surface area contributed by atoms with Crippen LogP contribution in [0, 0.1) is 11.8 Å². The third-order valence-corrected chi connectivity index (χ3v) is 3.67. The zero-order chi connectivity index (χ0) is 14.7. The second-order valence-electron chi connectivity index (χ2n) is 5.34. The van der Waals surface area contributed by atoms with Crippen LogP contribution in [0.4, 0.5) is 5.82 Å². The number of nitrogens with zero attached hydrogens (tertiary/aromatic N) is 3. The van der Waals surface area contributed by atoms with Gasteiger partial charge >= 0.3 is 0 Å². The predicted octanol–water partition coefficient (Wildman–Crippen LogP) is 0.0976. The largest absolute Gasteiger partial charge is 0.368 e. The van der Waals surface area contributed by atoms with Gasteiger partial charge in [0.2, 0.25) is 11.8 Å². The predicted molar refractivity (Wildman–Crippen MR) is 75.9 cm³/mol. The van der Waals surface area contributed by atoms with Gasteiger partial charge in [0.1, 0.15) is 5.82 Å². The lowest BCUT2D eigenvalue weighted by atomic mass is 9.97. The second kappa shape index (κ2) is 5.90. The van der Waals surface area contributed by atoms with Crippen LogP contribution in [0.25, 0.3) is 0 Å². The number of aromatic nitrogens is 1. The maximum Gasteiger partial charge on any atom is 0.237 e. The fraction of sp³-hybridized carbons (Fsp3) is 0.500. The molecule has 2 amide bonds. The minimum atomic E-state index is -0.493. The molecule has 2 atom stereocenters. The van der Waals surface area contributed by atoms with Crippen molar-refractivity contribution in [1.82, 2.24) is 9.88 Å². The molecule has 0 bridgehead atoms. The molecule has 6 heteroatoms. The molecule has 0 radical (unpaired) electrons. The van der Waals surface area contributed by atoms with Crippen LogP contribution in [-0.2, 0) is 9.59 Å². The van der Waals surface area contributed by atoms with Gasteiger partial charge in [-0.15, -0.1) is 0 Å². The highest BCUT2D eigenvalue weighted by Gasteiger charge is 2.36. The minimum Gasteiger partial charge on any atom is -0.368 e. The molecule has 108 valence electrons. The van der Waals surface area contributed by atoms with Gasteiger partial charge in [-0.2, -0.15) is 0 Å². The highest BCUT2D eigenvalue weighted by atomic mass is 16.2. The van der Waals surface area contributed by atoms with Gasteiger partial charge in [-0.3, -0.25) is 9.59 Å². The monoisotopic (exact) mass is 276 g/mol. The van der Waals surface area contributed by atoms with E-state index in [0.29, 0.717) is 6.54 Å². The van der Waals surface area contributed by atoms with Crippen LogP contribution >= 0.6 is 0 Å². The Hall–Kier alpha value is -2.11. The molecule has 1 aliphatic rings. The summed E-state index contributed by atoms with van der Waals surface area (Å²) < 4.78 is 0. The number of anilines is 1. The van der Waals surface area contributed by atoms with E-state index in [4.69, 9.17) is 5.73 Å². The van der Waals surface area contributed by atoms with E-state index in [-0.39, 0.29) is 24.3 Å². The first-order valence-corrected chi connectivity index (χ1v) is 6.68. The Morgan fingerprint density at radius 3 is 2.80 bits per heavy atom. The van der Waals surface area contributed by atoms with E-state index in [0.717, 1.165) is 12.4 Å². The molecule has 2 heterocycles. The van der Waals surface area contributed by atoms with Crippen molar-refractivity contribution in [2.75, 3.05) is 31.6 Å². The van der Waals surface area contributed by atoms with E-state index in [1.54, 1.807) is 13.2 Å². The Kier molecular flexibility index (Phi) is 4.22. The Bertz CT molecular complexity index is 491. The first kappa shape index (κ1) is 14.3. The van der Waals surface area contributed by atoms with Crippen molar-refractivity contribution < 1.29 is 9.59 Å². The fourth-order valence-corrected chi connectivity index (χ4v) is 2.61. The fourth-order valence-electron chi connectivity index (χ4n) is 2.61. The Labute approximate surface area is 118 Å². The molecule has 0 spiro atoms. The number of primary amides is 1. The molecule has 1 aliphatic heterocycles. The molecule has 0 saturated carbocycles. The number of rotatable bonds is 4. The standard InChI is InChI=1S/C14H20N4O2/c1-10-7-18(13-5-3-4-6-16-13)8-11(10)14(20)17(2)9-12(15)19/h3-6,10-11H,7-9H2,1-2H3,(H2,15,19)/t10-,11-/m1/s1. The van der Waals surface area contributed by atoms with Gasteiger partial charge < -0.3 is 15.5 Å². The number of nitrogens with two attached hydrogens (primary N) is 1. The number of amides is 2.